The Morgan fingerprint density at radius 3 is 2.59 bits per heavy atom. The lowest BCUT2D eigenvalue weighted by Gasteiger charge is -2.15. The van der Waals surface area contributed by atoms with Gasteiger partial charge in [-0.05, 0) is 25.7 Å². The molecule has 0 atom stereocenters. The van der Waals surface area contributed by atoms with Gasteiger partial charge >= 0.3 is 0 Å². The molecule has 0 spiro atoms. The molecule has 1 rings (SSSR count). The van der Waals surface area contributed by atoms with Gasteiger partial charge in [0.05, 0.1) is 5.69 Å². The number of hydrogen-bond donors (Lipinski definition) is 2. The second-order valence-corrected chi connectivity index (χ2v) is 5.39. The van der Waals surface area contributed by atoms with Gasteiger partial charge in [-0.1, -0.05) is 19.1 Å². The highest BCUT2D eigenvalue weighted by atomic mass is 32.2. The summed E-state index contributed by atoms with van der Waals surface area (Å²) in [6, 6.07) is 6.65. The van der Waals surface area contributed by atoms with E-state index < -0.39 is 10.0 Å². The number of primary sulfonamides is 1. The van der Waals surface area contributed by atoms with Crippen LogP contribution in [0.5, 0.6) is 0 Å². The number of likely N-dealkylation sites (N-methyl/N-ethyl adjacent to an activating group) is 1. The maximum atomic E-state index is 11.3. The zero-order valence-electron chi connectivity index (χ0n) is 10.2. The summed E-state index contributed by atoms with van der Waals surface area (Å²) in [7, 11) is -1.66. The van der Waals surface area contributed by atoms with Gasteiger partial charge in [0.15, 0.2) is 0 Å². The quantitative estimate of drug-likeness (QED) is 0.786. The molecule has 0 saturated heterocycles. The van der Waals surface area contributed by atoms with Gasteiger partial charge in [-0.3, -0.25) is 0 Å². The number of nitrogens with one attached hydrogen (secondary N) is 1. The molecule has 5 nitrogen and oxygen atoms in total. The largest absolute Gasteiger partial charge is 0.383 e. The Bertz CT molecular complexity index is 460. The summed E-state index contributed by atoms with van der Waals surface area (Å²) in [5.41, 5.74) is 0.555. The zero-order valence-corrected chi connectivity index (χ0v) is 11.0. The number of rotatable bonds is 6. The number of benzene rings is 1. The van der Waals surface area contributed by atoms with Gasteiger partial charge in [0.2, 0.25) is 10.0 Å². The van der Waals surface area contributed by atoms with Gasteiger partial charge in [0.25, 0.3) is 0 Å². The first kappa shape index (κ1) is 14.0. The van der Waals surface area contributed by atoms with Gasteiger partial charge in [0, 0.05) is 13.1 Å². The monoisotopic (exact) mass is 257 g/mol. The van der Waals surface area contributed by atoms with E-state index in [1.165, 1.54) is 6.07 Å². The molecule has 0 amide bonds. The van der Waals surface area contributed by atoms with E-state index in [-0.39, 0.29) is 4.90 Å². The third-order valence-corrected chi connectivity index (χ3v) is 3.51. The SMILES string of the molecule is CCN(C)CCNc1ccccc1S(N)(=O)=O. The van der Waals surface area contributed by atoms with Crippen molar-refractivity contribution in [1.29, 1.82) is 0 Å². The van der Waals surface area contributed by atoms with E-state index >= 15 is 0 Å². The van der Waals surface area contributed by atoms with Crippen LogP contribution in [-0.4, -0.2) is 40.0 Å². The molecule has 0 aromatic heterocycles. The van der Waals surface area contributed by atoms with E-state index in [1.54, 1.807) is 18.2 Å². The highest BCUT2D eigenvalue weighted by molar-refractivity contribution is 7.89. The fourth-order valence-corrected chi connectivity index (χ4v) is 2.12. The number of sulfonamides is 1. The van der Waals surface area contributed by atoms with Gasteiger partial charge in [-0.25, -0.2) is 13.6 Å². The van der Waals surface area contributed by atoms with Crippen molar-refractivity contribution >= 4 is 15.7 Å². The van der Waals surface area contributed by atoms with E-state index in [9.17, 15) is 8.42 Å². The fraction of sp³-hybridized carbons (Fsp3) is 0.455. The molecular weight excluding hydrogens is 238 g/mol. The molecule has 0 aliphatic carbocycles. The van der Waals surface area contributed by atoms with Crippen LogP contribution in [0, 0.1) is 0 Å². The molecular formula is C11H19N3O2S. The number of anilines is 1. The second kappa shape index (κ2) is 6.00. The van der Waals surface area contributed by atoms with Crippen LogP contribution in [0.4, 0.5) is 5.69 Å². The van der Waals surface area contributed by atoms with E-state index in [2.05, 4.69) is 17.1 Å². The Hall–Kier alpha value is -1.11. The second-order valence-electron chi connectivity index (χ2n) is 3.86. The van der Waals surface area contributed by atoms with Crippen molar-refractivity contribution in [2.24, 2.45) is 5.14 Å². The van der Waals surface area contributed by atoms with Crippen molar-refractivity contribution < 1.29 is 8.42 Å². The van der Waals surface area contributed by atoms with Crippen LogP contribution in [0.2, 0.25) is 0 Å². The molecule has 0 aliphatic rings. The number of hydrogen-bond acceptors (Lipinski definition) is 4. The van der Waals surface area contributed by atoms with Crippen LogP contribution in [0.1, 0.15) is 6.92 Å². The first-order chi connectivity index (χ1) is 7.95. The van der Waals surface area contributed by atoms with Gasteiger partial charge in [-0.2, -0.15) is 0 Å². The van der Waals surface area contributed by atoms with Crippen LogP contribution in [0.15, 0.2) is 29.2 Å². The van der Waals surface area contributed by atoms with Crippen molar-refractivity contribution in [2.75, 3.05) is 32.0 Å². The van der Waals surface area contributed by atoms with Crippen molar-refractivity contribution in [3.63, 3.8) is 0 Å². The van der Waals surface area contributed by atoms with Crippen molar-refractivity contribution in [3.8, 4) is 0 Å². The first-order valence-corrected chi connectivity index (χ1v) is 7.04. The van der Waals surface area contributed by atoms with E-state index in [4.69, 9.17) is 5.14 Å². The Labute approximate surface area is 103 Å². The average molecular weight is 257 g/mol. The van der Waals surface area contributed by atoms with Gasteiger partial charge in [-0.15, -0.1) is 0 Å². The average Bonchev–Trinajstić information content (AvgIpc) is 2.28. The molecule has 3 N–H and O–H groups in total. The molecule has 96 valence electrons. The van der Waals surface area contributed by atoms with Crippen molar-refractivity contribution in [3.05, 3.63) is 24.3 Å². The maximum absolute atomic E-state index is 11.3. The molecule has 6 heteroatoms. The van der Waals surface area contributed by atoms with E-state index in [1.807, 2.05) is 7.05 Å². The number of para-hydroxylation sites is 1. The van der Waals surface area contributed by atoms with Crippen molar-refractivity contribution in [2.45, 2.75) is 11.8 Å². The molecule has 0 radical (unpaired) electrons. The van der Waals surface area contributed by atoms with Crippen LogP contribution < -0.4 is 10.5 Å². The Kier molecular flexibility index (Phi) is 4.92. The molecule has 0 saturated carbocycles. The first-order valence-electron chi connectivity index (χ1n) is 5.49. The van der Waals surface area contributed by atoms with Crippen LogP contribution in [0.3, 0.4) is 0 Å². The highest BCUT2D eigenvalue weighted by Gasteiger charge is 2.12. The Morgan fingerprint density at radius 1 is 1.35 bits per heavy atom. The molecule has 0 aliphatic heterocycles. The molecule has 17 heavy (non-hydrogen) atoms. The summed E-state index contributed by atoms with van der Waals surface area (Å²) in [4.78, 5) is 2.27. The van der Waals surface area contributed by atoms with Crippen LogP contribution in [-0.2, 0) is 10.0 Å². The topological polar surface area (TPSA) is 75.4 Å². The van der Waals surface area contributed by atoms with Gasteiger partial charge in [0.1, 0.15) is 4.90 Å². The summed E-state index contributed by atoms with van der Waals surface area (Å²) < 4.78 is 22.7. The number of nitrogens with zero attached hydrogens (tertiary/aromatic N) is 1. The summed E-state index contributed by atoms with van der Waals surface area (Å²) in [6.45, 7) is 4.54. The molecule has 1 aromatic rings. The van der Waals surface area contributed by atoms with E-state index in [0.717, 1.165) is 13.1 Å². The minimum atomic E-state index is -3.67. The smallest absolute Gasteiger partial charge is 0.240 e. The summed E-state index contributed by atoms with van der Waals surface area (Å²) in [6.07, 6.45) is 0. The van der Waals surface area contributed by atoms with Crippen molar-refractivity contribution in [1.82, 2.24) is 4.90 Å². The minimum absolute atomic E-state index is 0.138. The summed E-state index contributed by atoms with van der Waals surface area (Å²) in [5.74, 6) is 0. The number of nitrogens with two attached hydrogens (primary N) is 1. The predicted molar refractivity (Wildman–Crippen MR) is 69.5 cm³/mol. The minimum Gasteiger partial charge on any atom is -0.383 e. The lowest BCUT2D eigenvalue weighted by atomic mass is 10.3. The maximum Gasteiger partial charge on any atom is 0.240 e. The fourth-order valence-electron chi connectivity index (χ4n) is 1.40. The summed E-state index contributed by atoms with van der Waals surface area (Å²) in [5, 5.41) is 8.22. The summed E-state index contributed by atoms with van der Waals surface area (Å²) >= 11 is 0. The normalized spacial score (nSPS) is 11.8. The Balaban J connectivity index is 2.72. The van der Waals surface area contributed by atoms with Crippen LogP contribution >= 0.6 is 0 Å². The molecule has 0 bridgehead atoms. The molecule has 0 unspecified atom stereocenters. The third kappa shape index (κ3) is 4.33. The standard InChI is InChI=1S/C11H19N3O2S/c1-3-14(2)9-8-13-10-6-4-5-7-11(10)17(12,15)16/h4-7,13H,3,8-9H2,1-2H3,(H2,12,15,16). The van der Waals surface area contributed by atoms with E-state index in [0.29, 0.717) is 12.2 Å². The van der Waals surface area contributed by atoms with Gasteiger partial charge < -0.3 is 10.2 Å². The van der Waals surface area contributed by atoms with Crippen LogP contribution in [0.25, 0.3) is 0 Å². The molecule has 0 fully saturated rings. The molecule has 0 heterocycles. The lowest BCUT2D eigenvalue weighted by molar-refractivity contribution is 0.367. The Morgan fingerprint density at radius 2 is 2.00 bits per heavy atom. The predicted octanol–water partition coefficient (Wildman–Crippen LogP) is 0.698. The molecule has 1 aromatic carbocycles. The lowest BCUT2D eigenvalue weighted by Crippen LogP contribution is -2.25. The highest BCUT2D eigenvalue weighted by Crippen LogP contribution is 2.18. The third-order valence-electron chi connectivity index (χ3n) is 2.54. The zero-order chi connectivity index (χ0) is 12.9.